The Hall–Kier alpha value is -2.29. The monoisotopic (exact) mass is 391 g/mol. The Morgan fingerprint density at radius 3 is 2.74 bits per heavy atom. The molecule has 0 saturated carbocycles. The van der Waals surface area contributed by atoms with E-state index in [4.69, 9.17) is 14.2 Å². The van der Waals surface area contributed by atoms with Crippen LogP contribution in [0.1, 0.15) is 11.6 Å². The summed E-state index contributed by atoms with van der Waals surface area (Å²) >= 11 is 1.66. The second-order valence-electron chi connectivity index (χ2n) is 6.10. The minimum Gasteiger partial charge on any atom is -0.493 e. The number of carbonyl (C=O) groups excluding carboxylic acids is 1. The smallest absolute Gasteiger partial charge is 0.319 e. The first-order valence-electron chi connectivity index (χ1n) is 8.82. The fourth-order valence-corrected chi connectivity index (χ4v) is 3.86. The number of carbonyl (C=O) groups is 1. The summed E-state index contributed by atoms with van der Waals surface area (Å²) in [5, 5.41) is 10.0. The van der Waals surface area contributed by atoms with E-state index in [1.54, 1.807) is 43.8 Å². The standard InChI is InChI=1S/C19H25N3O4S/c1-24-17-5-3-4-15(18(17)25-2)21-19(23)20-12-16(14-6-11-27-13-14)22-7-9-26-10-8-22/h3-6,11,13,16H,7-10,12H2,1-2H3,(H2,20,21,23). The molecule has 1 fully saturated rings. The number of rotatable bonds is 7. The van der Waals surface area contributed by atoms with E-state index in [2.05, 4.69) is 32.4 Å². The van der Waals surface area contributed by atoms with Crippen LogP contribution in [-0.2, 0) is 4.74 Å². The van der Waals surface area contributed by atoms with E-state index in [-0.39, 0.29) is 12.1 Å². The number of anilines is 1. The van der Waals surface area contributed by atoms with Crippen molar-refractivity contribution in [2.45, 2.75) is 6.04 Å². The highest BCUT2D eigenvalue weighted by atomic mass is 32.1. The SMILES string of the molecule is COc1cccc(NC(=O)NCC(c2ccsc2)N2CCOCC2)c1OC. The summed E-state index contributed by atoms with van der Waals surface area (Å²) in [5.41, 5.74) is 1.77. The summed E-state index contributed by atoms with van der Waals surface area (Å²) in [6, 6.07) is 7.31. The van der Waals surface area contributed by atoms with Crippen LogP contribution < -0.4 is 20.1 Å². The van der Waals surface area contributed by atoms with Crippen LogP contribution >= 0.6 is 11.3 Å². The summed E-state index contributed by atoms with van der Waals surface area (Å²) in [4.78, 5) is 14.8. The molecular formula is C19H25N3O4S. The lowest BCUT2D eigenvalue weighted by Gasteiger charge is -2.34. The minimum absolute atomic E-state index is 0.123. The van der Waals surface area contributed by atoms with Crippen LogP contribution in [0.15, 0.2) is 35.0 Å². The average molecular weight is 391 g/mol. The number of benzene rings is 1. The number of amides is 2. The molecule has 1 aliphatic rings. The summed E-state index contributed by atoms with van der Waals surface area (Å²) in [5.74, 6) is 1.07. The molecule has 2 aromatic rings. The minimum atomic E-state index is -0.282. The lowest BCUT2D eigenvalue weighted by Crippen LogP contribution is -2.44. The maximum atomic E-state index is 12.5. The third kappa shape index (κ3) is 4.91. The Morgan fingerprint density at radius 2 is 2.07 bits per heavy atom. The van der Waals surface area contributed by atoms with Crippen molar-refractivity contribution in [1.29, 1.82) is 0 Å². The number of para-hydroxylation sites is 1. The van der Waals surface area contributed by atoms with Crippen molar-refractivity contribution in [3.63, 3.8) is 0 Å². The van der Waals surface area contributed by atoms with Gasteiger partial charge in [0.05, 0.1) is 39.2 Å². The molecule has 3 rings (SSSR count). The van der Waals surface area contributed by atoms with E-state index in [0.29, 0.717) is 36.9 Å². The van der Waals surface area contributed by atoms with E-state index in [0.717, 1.165) is 13.1 Å². The van der Waals surface area contributed by atoms with Crippen molar-refractivity contribution >= 4 is 23.1 Å². The Bertz CT molecular complexity index is 733. The lowest BCUT2D eigenvalue weighted by molar-refractivity contribution is 0.0168. The predicted octanol–water partition coefficient (Wildman–Crippen LogP) is 2.96. The van der Waals surface area contributed by atoms with Crippen molar-refractivity contribution in [3.8, 4) is 11.5 Å². The normalized spacial score (nSPS) is 15.8. The Balaban J connectivity index is 1.64. The van der Waals surface area contributed by atoms with Crippen LogP contribution in [-0.4, -0.2) is 58.0 Å². The van der Waals surface area contributed by atoms with Crippen molar-refractivity contribution in [2.75, 3.05) is 52.4 Å². The van der Waals surface area contributed by atoms with Gasteiger partial charge in [-0.3, -0.25) is 4.90 Å². The fraction of sp³-hybridized carbons (Fsp3) is 0.421. The van der Waals surface area contributed by atoms with Crippen LogP contribution in [0.4, 0.5) is 10.5 Å². The van der Waals surface area contributed by atoms with Gasteiger partial charge in [-0.25, -0.2) is 4.79 Å². The van der Waals surface area contributed by atoms with E-state index in [9.17, 15) is 4.79 Å². The first-order valence-corrected chi connectivity index (χ1v) is 9.77. The van der Waals surface area contributed by atoms with E-state index >= 15 is 0 Å². The molecule has 7 nitrogen and oxygen atoms in total. The van der Waals surface area contributed by atoms with Crippen molar-refractivity contribution in [2.24, 2.45) is 0 Å². The lowest BCUT2D eigenvalue weighted by atomic mass is 10.1. The van der Waals surface area contributed by atoms with Gasteiger partial charge in [-0.1, -0.05) is 6.07 Å². The summed E-state index contributed by atoms with van der Waals surface area (Å²) in [6.45, 7) is 3.65. The van der Waals surface area contributed by atoms with Crippen LogP contribution in [0, 0.1) is 0 Å². The number of nitrogens with zero attached hydrogens (tertiary/aromatic N) is 1. The van der Waals surface area contributed by atoms with Gasteiger partial charge >= 0.3 is 6.03 Å². The average Bonchev–Trinajstić information content (AvgIpc) is 3.23. The Labute approximate surface area is 163 Å². The molecule has 1 unspecified atom stereocenters. The highest BCUT2D eigenvalue weighted by Gasteiger charge is 2.23. The number of nitrogens with one attached hydrogen (secondary N) is 2. The summed E-state index contributed by atoms with van der Waals surface area (Å²) in [7, 11) is 3.11. The molecule has 0 aliphatic carbocycles. The topological polar surface area (TPSA) is 72.1 Å². The maximum absolute atomic E-state index is 12.5. The molecule has 0 spiro atoms. The number of morpholine rings is 1. The highest BCUT2D eigenvalue weighted by Crippen LogP contribution is 2.34. The van der Waals surface area contributed by atoms with Gasteiger partial charge in [-0.15, -0.1) is 0 Å². The van der Waals surface area contributed by atoms with Crippen LogP contribution in [0.25, 0.3) is 0 Å². The largest absolute Gasteiger partial charge is 0.493 e. The van der Waals surface area contributed by atoms with Gasteiger partial charge in [0, 0.05) is 19.6 Å². The molecule has 2 heterocycles. The molecule has 8 heteroatoms. The van der Waals surface area contributed by atoms with Gasteiger partial charge in [0.25, 0.3) is 0 Å². The molecule has 0 bridgehead atoms. The number of hydrogen-bond acceptors (Lipinski definition) is 6. The van der Waals surface area contributed by atoms with Gasteiger partial charge in [0.1, 0.15) is 0 Å². The van der Waals surface area contributed by atoms with Crippen LogP contribution in [0.2, 0.25) is 0 Å². The zero-order valence-corrected chi connectivity index (χ0v) is 16.4. The van der Waals surface area contributed by atoms with Crippen LogP contribution in [0.3, 0.4) is 0 Å². The Morgan fingerprint density at radius 1 is 1.26 bits per heavy atom. The molecule has 0 radical (unpaired) electrons. The van der Waals surface area contributed by atoms with E-state index in [1.165, 1.54) is 5.56 Å². The van der Waals surface area contributed by atoms with Crippen molar-refractivity contribution < 1.29 is 19.0 Å². The van der Waals surface area contributed by atoms with E-state index < -0.39 is 0 Å². The number of ether oxygens (including phenoxy) is 3. The molecule has 146 valence electrons. The first kappa shape index (κ1) is 19.5. The molecule has 27 heavy (non-hydrogen) atoms. The summed E-state index contributed by atoms with van der Waals surface area (Å²) in [6.07, 6.45) is 0. The maximum Gasteiger partial charge on any atom is 0.319 e. The first-order chi connectivity index (χ1) is 13.2. The number of urea groups is 1. The second-order valence-corrected chi connectivity index (χ2v) is 6.88. The molecule has 1 aromatic carbocycles. The zero-order chi connectivity index (χ0) is 19.1. The molecule has 1 atom stereocenters. The quantitative estimate of drug-likeness (QED) is 0.759. The van der Waals surface area contributed by atoms with Crippen LogP contribution in [0.5, 0.6) is 11.5 Å². The molecule has 2 N–H and O–H groups in total. The molecular weight excluding hydrogens is 366 g/mol. The van der Waals surface area contributed by atoms with Gasteiger partial charge in [-0.05, 0) is 34.5 Å². The number of methoxy groups -OCH3 is 2. The molecule has 1 saturated heterocycles. The second kappa shape index (κ2) is 9.59. The highest BCUT2D eigenvalue weighted by molar-refractivity contribution is 7.07. The third-order valence-electron chi connectivity index (χ3n) is 4.52. The molecule has 1 aromatic heterocycles. The fourth-order valence-electron chi connectivity index (χ4n) is 3.15. The van der Waals surface area contributed by atoms with E-state index in [1.807, 2.05) is 0 Å². The predicted molar refractivity (Wildman–Crippen MR) is 106 cm³/mol. The van der Waals surface area contributed by atoms with Gasteiger partial charge in [0.15, 0.2) is 11.5 Å². The third-order valence-corrected chi connectivity index (χ3v) is 5.22. The number of hydrogen-bond donors (Lipinski definition) is 2. The van der Waals surface area contributed by atoms with Crippen molar-refractivity contribution in [3.05, 3.63) is 40.6 Å². The van der Waals surface area contributed by atoms with Gasteiger partial charge < -0.3 is 24.8 Å². The Kier molecular flexibility index (Phi) is 6.92. The zero-order valence-electron chi connectivity index (χ0n) is 15.6. The molecule has 2 amide bonds. The van der Waals surface area contributed by atoms with Crippen molar-refractivity contribution in [1.82, 2.24) is 10.2 Å². The summed E-state index contributed by atoms with van der Waals surface area (Å²) < 4.78 is 16.1. The van der Waals surface area contributed by atoms with Gasteiger partial charge in [0.2, 0.25) is 0 Å². The molecule has 1 aliphatic heterocycles. The number of thiophene rings is 1. The van der Waals surface area contributed by atoms with Gasteiger partial charge in [-0.2, -0.15) is 11.3 Å².